The zero-order valence-corrected chi connectivity index (χ0v) is 14.8. The van der Waals surface area contributed by atoms with Gasteiger partial charge in [-0.1, -0.05) is 6.07 Å². The number of rotatable bonds is 4. The van der Waals surface area contributed by atoms with E-state index in [9.17, 15) is 4.79 Å². The fraction of sp³-hybridized carbons (Fsp3) is 0.294. The third-order valence-corrected chi connectivity index (χ3v) is 5.61. The summed E-state index contributed by atoms with van der Waals surface area (Å²) < 4.78 is 0.751. The molecule has 4 nitrogen and oxygen atoms in total. The van der Waals surface area contributed by atoms with Crippen molar-refractivity contribution in [3.05, 3.63) is 55.7 Å². The van der Waals surface area contributed by atoms with Gasteiger partial charge in [-0.05, 0) is 57.1 Å². The molecular formula is C17H16BrN3OS. The third kappa shape index (κ3) is 3.81. The van der Waals surface area contributed by atoms with E-state index in [-0.39, 0.29) is 18.4 Å². The van der Waals surface area contributed by atoms with E-state index in [0.29, 0.717) is 12.1 Å². The van der Waals surface area contributed by atoms with Crippen LogP contribution in [0.1, 0.15) is 27.6 Å². The molecule has 3 rings (SSSR count). The van der Waals surface area contributed by atoms with Crippen LogP contribution in [-0.2, 0) is 17.6 Å². The molecular weight excluding hydrogens is 374 g/mol. The van der Waals surface area contributed by atoms with Crippen LogP contribution >= 0.6 is 27.3 Å². The highest BCUT2D eigenvalue weighted by molar-refractivity contribution is 9.10. The monoisotopic (exact) mass is 389 g/mol. The molecule has 0 spiro atoms. The maximum atomic E-state index is 12.2. The lowest BCUT2D eigenvalue weighted by atomic mass is 10.0. The van der Waals surface area contributed by atoms with Gasteiger partial charge in [0.05, 0.1) is 18.0 Å². The van der Waals surface area contributed by atoms with Crippen molar-refractivity contribution >= 4 is 33.2 Å². The molecule has 1 aliphatic heterocycles. The Labute approximate surface area is 147 Å². The lowest BCUT2D eigenvalue weighted by Gasteiger charge is -2.24. The summed E-state index contributed by atoms with van der Waals surface area (Å²) in [4.78, 5) is 13.6. The van der Waals surface area contributed by atoms with E-state index >= 15 is 0 Å². The first kappa shape index (κ1) is 16.2. The van der Waals surface area contributed by atoms with Crippen LogP contribution in [0.15, 0.2) is 34.1 Å². The fourth-order valence-corrected chi connectivity index (χ4v) is 4.03. The van der Waals surface area contributed by atoms with Crippen molar-refractivity contribution < 1.29 is 4.79 Å². The molecule has 2 heterocycles. The molecule has 1 atom stereocenters. The highest BCUT2D eigenvalue weighted by Gasteiger charge is 2.21. The number of hydrogen-bond acceptors (Lipinski definition) is 4. The first-order valence-corrected chi connectivity index (χ1v) is 9.09. The zero-order chi connectivity index (χ0) is 16.2. The SMILES string of the molecule is N#Cc1cc(CC(=O)NCC2NCCc3sccc32)ccc1Br. The summed E-state index contributed by atoms with van der Waals surface area (Å²) in [5.74, 6) is -0.0274. The standard InChI is InChI=1S/C17H16BrN3OS/c18-14-2-1-11(7-12(14)9-19)8-17(22)21-10-15-13-4-6-23-16(13)3-5-20-15/h1-2,4,6-7,15,20H,3,5,8,10H2,(H,21,22). The molecule has 1 unspecified atom stereocenters. The van der Waals surface area contributed by atoms with E-state index in [0.717, 1.165) is 23.0 Å². The van der Waals surface area contributed by atoms with Crippen LogP contribution in [0.3, 0.4) is 0 Å². The largest absolute Gasteiger partial charge is 0.354 e. The van der Waals surface area contributed by atoms with Gasteiger partial charge in [0.25, 0.3) is 0 Å². The number of halogens is 1. The molecule has 2 aromatic rings. The summed E-state index contributed by atoms with van der Waals surface area (Å²) in [6, 6.07) is 9.86. The number of hydrogen-bond donors (Lipinski definition) is 2. The number of benzene rings is 1. The molecule has 0 bridgehead atoms. The molecule has 0 saturated heterocycles. The van der Waals surface area contributed by atoms with Gasteiger partial charge in [-0.3, -0.25) is 4.79 Å². The summed E-state index contributed by atoms with van der Waals surface area (Å²) in [5.41, 5.74) is 2.69. The van der Waals surface area contributed by atoms with Crippen molar-refractivity contribution in [2.24, 2.45) is 0 Å². The first-order chi connectivity index (χ1) is 11.2. The van der Waals surface area contributed by atoms with Gasteiger partial charge < -0.3 is 10.6 Å². The smallest absolute Gasteiger partial charge is 0.224 e. The van der Waals surface area contributed by atoms with Crippen LogP contribution in [0, 0.1) is 11.3 Å². The van der Waals surface area contributed by atoms with Gasteiger partial charge in [-0.25, -0.2) is 0 Å². The molecule has 23 heavy (non-hydrogen) atoms. The molecule has 118 valence electrons. The van der Waals surface area contributed by atoms with Crippen LogP contribution in [0.5, 0.6) is 0 Å². The van der Waals surface area contributed by atoms with Gasteiger partial charge in [0.1, 0.15) is 6.07 Å². The maximum absolute atomic E-state index is 12.2. The topological polar surface area (TPSA) is 64.9 Å². The van der Waals surface area contributed by atoms with E-state index in [1.54, 1.807) is 17.4 Å². The Morgan fingerprint density at radius 2 is 2.35 bits per heavy atom. The quantitative estimate of drug-likeness (QED) is 0.844. The molecule has 0 radical (unpaired) electrons. The Morgan fingerprint density at radius 3 is 3.17 bits per heavy atom. The second-order valence-corrected chi connectivity index (χ2v) is 7.32. The molecule has 0 fully saturated rings. The number of carbonyl (C=O) groups is 1. The second kappa shape index (κ2) is 7.26. The molecule has 1 aromatic carbocycles. The summed E-state index contributed by atoms with van der Waals surface area (Å²) in [5, 5.41) is 17.6. The molecule has 1 aliphatic rings. The molecule has 0 aliphatic carbocycles. The third-order valence-electron chi connectivity index (χ3n) is 3.92. The van der Waals surface area contributed by atoms with E-state index in [2.05, 4.69) is 44.1 Å². The molecule has 2 N–H and O–H groups in total. The molecule has 0 saturated carbocycles. The average Bonchev–Trinajstić information content (AvgIpc) is 3.04. The van der Waals surface area contributed by atoms with Crippen LogP contribution in [0.2, 0.25) is 0 Å². The predicted molar refractivity (Wildman–Crippen MR) is 94.3 cm³/mol. The Morgan fingerprint density at radius 1 is 1.48 bits per heavy atom. The molecule has 1 aromatic heterocycles. The van der Waals surface area contributed by atoms with E-state index in [1.807, 2.05) is 12.1 Å². The van der Waals surface area contributed by atoms with Gasteiger partial charge in [0.15, 0.2) is 0 Å². The molecule has 6 heteroatoms. The van der Waals surface area contributed by atoms with Gasteiger partial charge in [-0.15, -0.1) is 11.3 Å². The Kier molecular flexibility index (Phi) is 5.11. The second-order valence-electron chi connectivity index (χ2n) is 5.46. The summed E-state index contributed by atoms with van der Waals surface area (Å²) >= 11 is 5.10. The highest BCUT2D eigenvalue weighted by atomic mass is 79.9. The van der Waals surface area contributed by atoms with E-state index in [1.165, 1.54) is 10.4 Å². The predicted octanol–water partition coefficient (Wildman–Crippen LogP) is 2.93. The number of thiophene rings is 1. The number of carbonyl (C=O) groups excluding carboxylic acids is 1. The zero-order valence-electron chi connectivity index (χ0n) is 12.4. The number of nitrogens with zero attached hydrogens (tertiary/aromatic N) is 1. The van der Waals surface area contributed by atoms with Crippen molar-refractivity contribution in [1.82, 2.24) is 10.6 Å². The number of nitrogens with one attached hydrogen (secondary N) is 2. The minimum absolute atomic E-state index is 0.0274. The summed E-state index contributed by atoms with van der Waals surface area (Å²) in [6.07, 6.45) is 1.35. The van der Waals surface area contributed by atoms with Crippen molar-refractivity contribution in [3.63, 3.8) is 0 Å². The van der Waals surface area contributed by atoms with Crippen LogP contribution < -0.4 is 10.6 Å². The van der Waals surface area contributed by atoms with Crippen molar-refractivity contribution in [3.8, 4) is 6.07 Å². The lowest BCUT2D eigenvalue weighted by molar-refractivity contribution is -0.120. The normalized spacial score (nSPS) is 16.4. The van der Waals surface area contributed by atoms with Crippen LogP contribution in [0.4, 0.5) is 0 Å². The Bertz CT molecular complexity index is 765. The van der Waals surface area contributed by atoms with Crippen LogP contribution in [-0.4, -0.2) is 19.0 Å². The fourth-order valence-electron chi connectivity index (χ4n) is 2.75. The van der Waals surface area contributed by atoms with Gasteiger partial charge in [-0.2, -0.15) is 5.26 Å². The number of nitriles is 1. The number of fused-ring (bicyclic) bond motifs is 1. The minimum atomic E-state index is -0.0274. The summed E-state index contributed by atoms with van der Waals surface area (Å²) in [6.45, 7) is 1.54. The van der Waals surface area contributed by atoms with Crippen molar-refractivity contribution in [2.45, 2.75) is 18.9 Å². The van der Waals surface area contributed by atoms with Crippen molar-refractivity contribution in [1.29, 1.82) is 5.26 Å². The van der Waals surface area contributed by atoms with Crippen LogP contribution in [0.25, 0.3) is 0 Å². The lowest BCUT2D eigenvalue weighted by Crippen LogP contribution is -2.38. The average molecular weight is 390 g/mol. The minimum Gasteiger partial charge on any atom is -0.354 e. The highest BCUT2D eigenvalue weighted by Crippen LogP contribution is 2.27. The molecule has 1 amide bonds. The van der Waals surface area contributed by atoms with E-state index < -0.39 is 0 Å². The van der Waals surface area contributed by atoms with Gasteiger partial charge in [0.2, 0.25) is 5.91 Å². The maximum Gasteiger partial charge on any atom is 0.224 e. The van der Waals surface area contributed by atoms with Gasteiger partial charge >= 0.3 is 0 Å². The first-order valence-electron chi connectivity index (χ1n) is 7.42. The van der Waals surface area contributed by atoms with E-state index in [4.69, 9.17) is 5.26 Å². The van der Waals surface area contributed by atoms with Crippen molar-refractivity contribution in [2.75, 3.05) is 13.1 Å². The van der Waals surface area contributed by atoms with Gasteiger partial charge in [0, 0.05) is 22.4 Å². The summed E-state index contributed by atoms with van der Waals surface area (Å²) in [7, 11) is 0. The Hall–Kier alpha value is -1.68. The number of amides is 1. The Balaban J connectivity index is 1.58.